The number of carbonyl (C=O) groups is 3. The van der Waals surface area contributed by atoms with Crippen LogP contribution in [0.4, 0.5) is 5.69 Å². The Morgan fingerprint density at radius 2 is 1.79 bits per heavy atom. The van der Waals surface area contributed by atoms with Crippen LogP contribution in [0.3, 0.4) is 0 Å². The lowest BCUT2D eigenvalue weighted by Gasteiger charge is -2.30. The first-order valence-electron chi connectivity index (χ1n) is 10.5. The number of nitrogens with zero attached hydrogens (tertiary/aromatic N) is 1. The van der Waals surface area contributed by atoms with Gasteiger partial charge in [-0.05, 0) is 49.2 Å². The third-order valence-electron chi connectivity index (χ3n) is 5.98. The number of aromatic nitrogens is 1. The minimum absolute atomic E-state index is 0.197. The highest BCUT2D eigenvalue weighted by molar-refractivity contribution is 8.00. The smallest absolute Gasteiger partial charge is 0.338 e. The first-order valence-corrected chi connectivity index (χ1v) is 12.2. The average molecular weight is 481 g/mol. The maximum atomic E-state index is 13.7. The number of ether oxygens (including phenoxy) is 1. The Morgan fingerprint density at radius 3 is 2.48 bits per heavy atom. The molecule has 3 heterocycles. The molecule has 1 aromatic heterocycles. The number of nitrogens with one attached hydrogen (secondary N) is 1. The number of imide groups is 1. The molecule has 7 nitrogen and oxygen atoms in total. The number of esters is 1. The fourth-order valence-corrected chi connectivity index (χ4v) is 7.01. The Balaban J connectivity index is 1.56. The second kappa shape index (κ2) is 8.31. The molecule has 0 aliphatic carbocycles. The van der Waals surface area contributed by atoms with Crippen LogP contribution in [0.5, 0.6) is 0 Å². The van der Waals surface area contributed by atoms with Crippen molar-refractivity contribution in [2.24, 2.45) is 5.92 Å². The summed E-state index contributed by atoms with van der Waals surface area (Å²) in [6.45, 7) is 3.95. The molecule has 1 N–H and O–H groups in total. The molecule has 0 bridgehead atoms. The lowest BCUT2D eigenvalue weighted by Crippen LogP contribution is -2.32. The minimum atomic E-state index is -0.649. The van der Waals surface area contributed by atoms with E-state index in [-0.39, 0.29) is 23.3 Å². The molecule has 33 heavy (non-hydrogen) atoms. The Labute approximate surface area is 197 Å². The number of aromatic amines is 1. The third kappa shape index (κ3) is 3.52. The van der Waals surface area contributed by atoms with Gasteiger partial charge in [0, 0.05) is 10.8 Å². The fraction of sp³-hybridized carbons (Fsp3) is 0.250. The monoisotopic (exact) mass is 480 g/mol. The second-order valence-electron chi connectivity index (χ2n) is 7.89. The highest BCUT2D eigenvalue weighted by Crippen LogP contribution is 2.53. The summed E-state index contributed by atoms with van der Waals surface area (Å²) in [6, 6.07) is 14.0. The molecule has 5 rings (SSSR count). The molecule has 2 aromatic carbocycles. The molecule has 3 aromatic rings. The molecule has 9 heteroatoms. The van der Waals surface area contributed by atoms with Gasteiger partial charge >= 0.3 is 10.8 Å². The van der Waals surface area contributed by atoms with E-state index in [2.05, 4.69) is 4.98 Å². The van der Waals surface area contributed by atoms with E-state index in [1.165, 1.54) is 16.7 Å². The highest BCUT2D eigenvalue weighted by atomic mass is 32.2. The molecule has 2 aliphatic heterocycles. The number of H-pyrrole nitrogens is 1. The van der Waals surface area contributed by atoms with Gasteiger partial charge in [-0.2, -0.15) is 0 Å². The van der Waals surface area contributed by atoms with Crippen molar-refractivity contribution in [2.75, 3.05) is 11.5 Å². The van der Waals surface area contributed by atoms with Crippen LogP contribution in [0.2, 0.25) is 0 Å². The summed E-state index contributed by atoms with van der Waals surface area (Å²) in [5.41, 5.74) is 2.69. The van der Waals surface area contributed by atoms with Crippen molar-refractivity contribution < 1.29 is 19.1 Å². The number of fused-ring (bicyclic) bond motifs is 2. The van der Waals surface area contributed by atoms with Gasteiger partial charge in [-0.3, -0.25) is 14.4 Å². The summed E-state index contributed by atoms with van der Waals surface area (Å²) in [6.07, 6.45) is 0. The van der Waals surface area contributed by atoms with Gasteiger partial charge in [0.25, 0.3) is 0 Å². The first-order chi connectivity index (χ1) is 15.9. The molecule has 0 radical (unpaired) electrons. The van der Waals surface area contributed by atoms with Crippen LogP contribution in [0.15, 0.2) is 58.4 Å². The quantitative estimate of drug-likeness (QED) is 0.452. The van der Waals surface area contributed by atoms with Crippen molar-refractivity contribution in [3.8, 4) is 0 Å². The molecular formula is C24H20N2O5S2. The van der Waals surface area contributed by atoms with Gasteiger partial charge in [0.1, 0.15) is 5.25 Å². The Bertz CT molecular complexity index is 1330. The standard InChI is InChI=1S/C24H20N2O5S2/c1-3-31-23(29)13-8-10-14(11-9-13)26-21(27)17-16(15-7-5-4-6-12(15)2)18-20(25-24(30)33-18)32-19(17)22(26)28/h4-11,16-17,19H,3H2,1-2H3,(H,25,30). The van der Waals surface area contributed by atoms with Crippen LogP contribution in [-0.4, -0.2) is 34.6 Å². The summed E-state index contributed by atoms with van der Waals surface area (Å²) in [5, 5.41) is 0.00440. The maximum Gasteiger partial charge on any atom is 0.338 e. The van der Waals surface area contributed by atoms with Crippen LogP contribution in [-0.2, 0) is 14.3 Å². The van der Waals surface area contributed by atoms with E-state index in [1.807, 2.05) is 31.2 Å². The van der Waals surface area contributed by atoms with Crippen LogP contribution in [0, 0.1) is 12.8 Å². The van der Waals surface area contributed by atoms with Crippen LogP contribution in [0.1, 0.15) is 39.2 Å². The van der Waals surface area contributed by atoms with Crippen molar-refractivity contribution in [1.29, 1.82) is 0 Å². The molecule has 2 aliphatic rings. The number of hydrogen-bond donors (Lipinski definition) is 1. The van der Waals surface area contributed by atoms with E-state index < -0.39 is 23.1 Å². The zero-order valence-corrected chi connectivity index (χ0v) is 19.5. The highest BCUT2D eigenvalue weighted by Gasteiger charge is 2.56. The number of aryl methyl sites for hydroxylation is 1. The lowest BCUT2D eigenvalue weighted by atomic mass is 9.81. The molecular weight excluding hydrogens is 460 g/mol. The Kier molecular flexibility index (Phi) is 5.46. The van der Waals surface area contributed by atoms with Gasteiger partial charge in [0.15, 0.2) is 0 Å². The molecule has 1 fully saturated rings. The topological polar surface area (TPSA) is 96.5 Å². The Morgan fingerprint density at radius 1 is 1.06 bits per heavy atom. The van der Waals surface area contributed by atoms with Gasteiger partial charge < -0.3 is 9.72 Å². The average Bonchev–Trinajstić information content (AvgIpc) is 3.29. The van der Waals surface area contributed by atoms with Crippen LogP contribution >= 0.6 is 23.1 Å². The Hall–Kier alpha value is -3.17. The minimum Gasteiger partial charge on any atom is -0.462 e. The van der Waals surface area contributed by atoms with E-state index in [1.54, 1.807) is 31.2 Å². The number of amides is 2. The summed E-state index contributed by atoms with van der Waals surface area (Å²) in [5.74, 6) is -2.11. The maximum absolute atomic E-state index is 13.7. The van der Waals surface area contributed by atoms with Gasteiger partial charge in [-0.15, -0.1) is 0 Å². The number of benzene rings is 2. The summed E-state index contributed by atoms with van der Waals surface area (Å²) < 4.78 is 5.01. The largest absolute Gasteiger partial charge is 0.462 e. The fourth-order valence-electron chi connectivity index (χ4n) is 4.50. The number of hydrogen-bond acceptors (Lipinski definition) is 7. The molecule has 3 atom stereocenters. The van der Waals surface area contributed by atoms with Gasteiger partial charge in [0.05, 0.1) is 28.8 Å². The number of thioether (sulfide) groups is 1. The van der Waals surface area contributed by atoms with E-state index >= 15 is 0 Å². The predicted octanol–water partition coefficient (Wildman–Crippen LogP) is 3.72. The van der Waals surface area contributed by atoms with Gasteiger partial charge in [-0.25, -0.2) is 9.69 Å². The van der Waals surface area contributed by atoms with Crippen LogP contribution in [0.25, 0.3) is 0 Å². The van der Waals surface area contributed by atoms with E-state index in [9.17, 15) is 19.2 Å². The van der Waals surface area contributed by atoms with E-state index in [0.29, 0.717) is 16.3 Å². The third-order valence-corrected chi connectivity index (χ3v) is 8.39. The first kappa shape index (κ1) is 21.7. The summed E-state index contributed by atoms with van der Waals surface area (Å²) in [4.78, 5) is 55.9. The van der Waals surface area contributed by atoms with Gasteiger partial charge in [-0.1, -0.05) is 47.4 Å². The molecule has 2 amide bonds. The van der Waals surface area contributed by atoms with Crippen molar-refractivity contribution in [3.63, 3.8) is 0 Å². The van der Waals surface area contributed by atoms with Crippen molar-refractivity contribution in [3.05, 3.63) is 79.8 Å². The zero-order chi connectivity index (χ0) is 23.3. The van der Waals surface area contributed by atoms with Crippen LogP contribution < -0.4 is 9.77 Å². The number of anilines is 1. The number of thiazole rings is 1. The summed E-state index contributed by atoms with van der Waals surface area (Å²) >= 11 is 2.34. The van der Waals surface area contributed by atoms with Crippen molar-refractivity contribution in [2.45, 2.75) is 30.0 Å². The molecule has 168 valence electrons. The second-order valence-corrected chi connectivity index (χ2v) is 10.1. The lowest BCUT2D eigenvalue weighted by molar-refractivity contribution is -0.122. The number of rotatable bonds is 4. The number of carbonyl (C=O) groups excluding carboxylic acids is 3. The molecule has 1 saturated heterocycles. The molecule has 0 saturated carbocycles. The van der Waals surface area contributed by atoms with Crippen molar-refractivity contribution in [1.82, 2.24) is 4.98 Å². The van der Waals surface area contributed by atoms with E-state index in [0.717, 1.165) is 27.3 Å². The normalized spacial score (nSPS) is 21.6. The molecule has 0 spiro atoms. The van der Waals surface area contributed by atoms with Gasteiger partial charge in [0.2, 0.25) is 11.8 Å². The predicted molar refractivity (Wildman–Crippen MR) is 126 cm³/mol. The zero-order valence-electron chi connectivity index (χ0n) is 17.9. The summed E-state index contributed by atoms with van der Waals surface area (Å²) in [7, 11) is 0. The SMILES string of the molecule is CCOC(=O)c1ccc(N2C(=O)C3Sc4[nH]c(=O)sc4C(c4ccccc4C)C3C2=O)cc1. The van der Waals surface area contributed by atoms with E-state index in [4.69, 9.17) is 4.74 Å². The molecule has 3 unspecified atom stereocenters. The van der Waals surface area contributed by atoms with Crippen molar-refractivity contribution >= 4 is 46.6 Å².